The number of rotatable bonds is 10. The maximum absolute atomic E-state index is 14.3. The molecule has 0 amide bonds. The van der Waals surface area contributed by atoms with Crippen LogP contribution in [0.5, 0.6) is 0 Å². The van der Waals surface area contributed by atoms with Crippen molar-refractivity contribution in [3.63, 3.8) is 0 Å². The zero-order valence-electron chi connectivity index (χ0n) is 23.3. The standard InChI is InChI=1S/C31H34F2N6O3/c32-19-25(38-15-11-23(12-16-38)30-34-28(36-41-30)21-7-3-1-4-8-21)27(40)26(20-33)39-17-13-24(14-18-39)31-35-29(37-42-31)22-9-5-2-6-10-22/h1-10,23-26H,11-20H2. The number of hydrogen-bond acceptors (Lipinski definition) is 9. The van der Waals surface area contributed by atoms with Gasteiger partial charge in [0.2, 0.25) is 23.4 Å². The van der Waals surface area contributed by atoms with Crippen molar-refractivity contribution in [3.05, 3.63) is 72.4 Å². The molecule has 0 N–H and O–H groups in total. The maximum Gasteiger partial charge on any atom is 0.230 e. The lowest BCUT2D eigenvalue weighted by Crippen LogP contribution is -2.56. The highest BCUT2D eigenvalue weighted by molar-refractivity contribution is 5.89. The number of carbonyl (C=O) groups excluding carboxylic acids is 1. The third-order valence-corrected chi connectivity index (χ3v) is 8.54. The molecule has 2 saturated heterocycles. The van der Waals surface area contributed by atoms with E-state index in [1.54, 1.807) is 0 Å². The molecular weight excluding hydrogens is 542 g/mol. The van der Waals surface area contributed by atoms with Crippen LogP contribution in [0.4, 0.5) is 8.78 Å². The van der Waals surface area contributed by atoms with Gasteiger partial charge in [0.05, 0.1) is 12.1 Å². The summed E-state index contributed by atoms with van der Waals surface area (Å²) in [5.74, 6) is 1.85. The highest BCUT2D eigenvalue weighted by Gasteiger charge is 2.39. The van der Waals surface area contributed by atoms with E-state index in [2.05, 4.69) is 20.3 Å². The van der Waals surface area contributed by atoms with Crippen molar-refractivity contribution in [1.29, 1.82) is 0 Å². The molecule has 0 bridgehead atoms. The van der Waals surface area contributed by atoms with E-state index in [4.69, 9.17) is 9.05 Å². The van der Waals surface area contributed by atoms with Gasteiger partial charge in [-0.05, 0) is 51.9 Å². The van der Waals surface area contributed by atoms with Gasteiger partial charge < -0.3 is 9.05 Å². The summed E-state index contributed by atoms with van der Waals surface area (Å²) in [5.41, 5.74) is 1.76. The molecule has 0 spiro atoms. The third kappa shape index (κ3) is 6.03. The molecule has 4 heterocycles. The Morgan fingerprint density at radius 1 is 0.690 bits per heavy atom. The average molecular weight is 577 g/mol. The topological polar surface area (TPSA) is 101 Å². The molecule has 6 rings (SSSR count). The lowest BCUT2D eigenvalue weighted by atomic mass is 9.92. The summed E-state index contributed by atoms with van der Waals surface area (Å²) in [6.45, 7) is 0.289. The molecule has 2 aromatic heterocycles. The van der Waals surface area contributed by atoms with Crippen LogP contribution >= 0.6 is 0 Å². The first-order chi connectivity index (χ1) is 20.6. The highest BCUT2D eigenvalue weighted by atomic mass is 19.1. The number of hydrogen-bond donors (Lipinski definition) is 0. The monoisotopic (exact) mass is 576 g/mol. The molecule has 2 unspecified atom stereocenters. The van der Waals surface area contributed by atoms with Crippen molar-refractivity contribution in [2.24, 2.45) is 0 Å². The number of aromatic nitrogens is 4. The van der Waals surface area contributed by atoms with Gasteiger partial charge in [-0.15, -0.1) is 0 Å². The van der Waals surface area contributed by atoms with E-state index in [9.17, 15) is 13.6 Å². The molecule has 9 nitrogen and oxygen atoms in total. The van der Waals surface area contributed by atoms with Crippen LogP contribution in [0.25, 0.3) is 22.8 Å². The minimum atomic E-state index is -0.976. The van der Waals surface area contributed by atoms with E-state index in [0.29, 0.717) is 75.3 Å². The molecule has 220 valence electrons. The molecule has 2 aliphatic rings. The fourth-order valence-electron chi connectivity index (χ4n) is 6.06. The van der Waals surface area contributed by atoms with E-state index < -0.39 is 31.2 Å². The van der Waals surface area contributed by atoms with Gasteiger partial charge in [0.25, 0.3) is 0 Å². The molecule has 0 radical (unpaired) electrons. The normalized spacial score (nSPS) is 19.1. The van der Waals surface area contributed by atoms with Gasteiger partial charge in [0.1, 0.15) is 13.3 Å². The Balaban J connectivity index is 1.03. The molecule has 42 heavy (non-hydrogen) atoms. The van der Waals surface area contributed by atoms with Crippen LogP contribution in [0.3, 0.4) is 0 Å². The first kappa shape index (κ1) is 28.3. The number of nitrogens with zero attached hydrogens (tertiary/aromatic N) is 6. The minimum Gasteiger partial charge on any atom is -0.339 e. The maximum atomic E-state index is 14.3. The van der Waals surface area contributed by atoms with Crippen LogP contribution < -0.4 is 0 Å². The molecule has 2 aromatic carbocycles. The quantitative estimate of drug-likeness (QED) is 0.255. The molecular formula is C31H34F2N6O3. The third-order valence-electron chi connectivity index (χ3n) is 8.54. The largest absolute Gasteiger partial charge is 0.339 e. The summed E-state index contributed by atoms with van der Waals surface area (Å²) in [7, 11) is 0. The van der Waals surface area contributed by atoms with Gasteiger partial charge >= 0.3 is 0 Å². The number of ketones is 1. The Kier molecular flexibility index (Phi) is 8.76. The smallest absolute Gasteiger partial charge is 0.230 e. The van der Waals surface area contributed by atoms with E-state index in [-0.39, 0.29) is 11.8 Å². The number of alkyl halides is 2. The predicted molar refractivity (Wildman–Crippen MR) is 151 cm³/mol. The minimum absolute atomic E-state index is 0.0321. The van der Waals surface area contributed by atoms with Gasteiger partial charge in [0.15, 0.2) is 5.78 Å². The molecule has 2 fully saturated rings. The molecule has 11 heteroatoms. The van der Waals surface area contributed by atoms with Gasteiger partial charge in [0, 0.05) is 23.0 Å². The Hall–Kier alpha value is -3.83. The van der Waals surface area contributed by atoms with Crippen LogP contribution in [0.15, 0.2) is 69.7 Å². The number of benzene rings is 2. The molecule has 4 aromatic rings. The van der Waals surface area contributed by atoms with Crippen molar-refractivity contribution in [1.82, 2.24) is 30.1 Å². The first-order valence-corrected chi connectivity index (χ1v) is 14.6. The van der Waals surface area contributed by atoms with Crippen LogP contribution in [0.2, 0.25) is 0 Å². The second kappa shape index (κ2) is 13.0. The Morgan fingerprint density at radius 3 is 1.43 bits per heavy atom. The fourth-order valence-corrected chi connectivity index (χ4v) is 6.06. The summed E-state index contributed by atoms with van der Waals surface area (Å²) in [4.78, 5) is 26.3. The van der Waals surface area contributed by atoms with Crippen molar-refractivity contribution in [3.8, 4) is 22.8 Å². The zero-order valence-corrected chi connectivity index (χ0v) is 23.3. The average Bonchev–Trinajstić information content (AvgIpc) is 3.75. The van der Waals surface area contributed by atoms with E-state index in [1.165, 1.54) is 0 Å². The van der Waals surface area contributed by atoms with Crippen molar-refractivity contribution >= 4 is 5.78 Å². The predicted octanol–water partition coefficient (Wildman–Crippen LogP) is 5.09. The molecule has 2 aliphatic heterocycles. The van der Waals surface area contributed by atoms with E-state index >= 15 is 0 Å². The second-order valence-corrected chi connectivity index (χ2v) is 11.0. The highest BCUT2D eigenvalue weighted by Crippen LogP contribution is 2.32. The lowest BCUT2D eigenvalue weighted by Gasteiger charge is -2.39. The molecule has 0 saturated carbocycles. The summed E-state index contributed by atoms with van der Waals surface area (Å²) in [6, 6.07) is 17.3. The van der Waals surface area contributed by atoms with Gasteiger partial charge in [-0.25, -0.2) is 8.78 Å². The number of likely N-dealkylation sites (tertiary alicyclic amines) is 2. The van der Waals surface area contributed by atoms with E-state index in [1.807, 2.05) is 70.5 Å². The van der Waals surface area contributed by atoms with Crippen molar-refractivity contribution in [2.75, 3.05) is 39.5 Å². The zero-order chi connectivity index (χ0) is 28.9. The number of Topliss-reactive ketones (excluding diaryl/α,β-unsaturated/α-hetero) is 1. The lowest BCUT2D eigenvalue weighted by molar-refractivity contribution is -0.132. The second-order valence-electron chi connectivity index (χ2n) is 11.0. The number of halogens is 2. The fraction of sp³-hybridized carbons (Fsp3) is 0.452. The molecule has 2 atom stereocenters. The van der Waals surface area contributed by atoms with Crippen LogP contribution in [-0.4, -0.2) is 87.5 Å². The Labute approximate surface area is 242 Å². The number of piperidine rings is 2. The SMILES string of the molecule is O=C(C(CF)N1CCC(c2nc(-c3ccccc3)no2)CC1)C(CF)N1CCC(c2nc(-c3ccccc3)no2)CC1. The van der Waals surface area contributed by atoms with Gasteiger partial charge in [-0.1, -0.05) is 71.0 Å². The van der Waals surface area contributed by atoms with E-state index in [0.717, 1.165) is 11.1 Å². The Morgan fingerprint density at radius 2 is 1.07 bits per heavy atom. The van der Waals surface area contributed by atoms with Crippen LogP contribution in [0, 0.1) is 0 Å². The molecule has 0 aliphatic carbocycles. The van der Waals surface area contributed by atoms with Gasteiger partial charge in [-0.2, -0.15) is 9.97 Å². The van der Waals surface area contributed by atoms with Crippen LogP contribution in [0.1, 0.15) is 49.3 Å². The van der Waals surface area contributed by atoms with Crippen LogP contribution in [-0.2, 0) is 4.79 Å². The van der Waals surface area contributed by atoms with Gasteiger partial charge in [-0.3, -0.25) is 14.6 Å². The van der Waals surface area contributed by atoms with Crippen molar-refractivity contribution < 1.29 is 22.6 Å². The Bertz CT molecular complexity index is 1330. The summed E-state index contributed by atoms with van der Waals surface area (Å²) < 4.78 is 39.7. The summed E-state index contributed by atoms with van der Waals surface area (Å²) in [6.07, 6.45) is 2.62. The van der Waals surface area contributed by atoms with Crippen molar-refractivity contribution in [2.45, 2.75) is 49.6 Å². The summed E-state index contributed by atoms with van der Waals surface area (Å²) >= 11 is 0. The first-order valence-electron chi connectivity index (χ1n) is 14.6. The summed E-state index contributed by atoms with van der Waals surface area (Å²) in [5, 5.41) is 8.22. The number of carbonyl (C=O) groups is 1.